The van der Waals surface area contributed by atoms with Crippen molar-refractivity contribution in [3.63, 3.8) is 0 Å². The molecule has 3 aromatic carbocycles. The quantitative estimate of drug-likeness (QED) is 0.556. The number of hydrogen-bond acceptors (Lipinski definition) is 1. The zero-order valence-electron chi connectivity index (χ0n) is 14.4. The molecule has 128 valence electrons. The van der Waals surface area contributed by atoms with Crippen molar-refractivity contribution in [1.29, 1.82) is 5.26 Å². The Balaban J connectivity index is 1.93. The Morgan fingerprint density at radius 1 is 0.923 bits per heavy atom. The molecule has 3 aromatic rings. The second-order valence-corrected chi connectivity index (χ2v) is 6.14. The molecule has 0 fully saturated rings. The maximum atomic E-state index is 14.7. The van der Waals surface area contributed by atoms with Gasteiger partial charge in [0.15, 0.2) is 0 Å². The van der Waals surface area contributed by atoms with Gasteiger partial charge in [-0.1, -0.05) is 49.5 Å². The molecule has 1 nitrogen and oxygen atoms in total. The standard InChI is InChI=1S/C23H17F2N/c1-2-3-4-16-7-12-21-19(13-16)11-10-18(23(21)25)8-5-17-6-9-20(15-26)22(24)14-17/h6-7,9-14H,2-4H2,1H3. The summed E-state index contributed by atoms with van der Waals surface area (Å²) in [6, 6.07) is 15.1. The van der Waals surface area contributed by atoms with E-state index in [1.807, 2.05) is 18.2 Å². The van der Waals surface area contributed by atoms with E-state index < -0.39 is 5.82 Å². The van der Waals surface area contributed by atoms with Crippen LogP contribution < -0.4 is 0 Å². The number of rotatable bonds is 3. The van der Waals surface area contributed by atoms with Gasteiger partial charge in [-0.2, -0.15) is 5.26 Å². The van der Waals surface area contributed by atoms with Crippen LogP contribution in [0.4, 0.5) is 8.78 Å². The minimum absolute atomic E-state index is 0.0358. The van der Waals surface area contributed by atoms with Gasteiger partial charge in [0.25, 0.3) is 0 Å². The zero-order chi connectivity index (χ0) is 18.5. The lowest BCUT2D eigenvalue weighted by atomic mass is 10.0. The molecule has 3 heteroatoms. The molecule has 0 unspecified atom stereocenters. The summed E-state index contributed by atoms with van der Waals surface area (Å²) in [5, 5.41) is 10.1. The van der Waals surface area contributed by atoms with Gasteiger partial charge in [0.05, 0.1) is 11.1 Å². The minimum atomic E-state index is -0.627. The first-order chi connectivity index (χ1) is 12.6. The van der Waals surface area contributed by atoms with Gasteiger partial charge < -0.3 is 0 Å². The average molecular weight is 345 g/mol. The summed E-state index contributed by atoms with van der Waals surface area (Å²) in [4.78, 5) is 0. The van der Waals surface area contributed by atoms with Crippen LogP contribution in [0, 0.1) is 34.8 Å². The Morgan fingerprint density at radius 3 is 2.46 bits per heavy atom. The van der Waals surface area contributed by atoms with Gasteiger partial charge in [-0.25, -0.2) is 8.78 Å². The van der Waals surface area contributed by atoms with E-state index in [-0.39, 0.29) is 16.9 Å². The van der Waals surface area contributed by atoms with Crippen molar-refractivity contribution in [1.82, 2.24) is 0 Å². The molecule has 0 saturated carbocycles. The van der Waals surface area contributed by atoms with E-state index in [0.717, 1.165) is 24.6 Å². The second-order valence-electron chi connectivity index (χ2n) is 6.14. The van der Waals surface area contributed by atoms with Crippen molar-refractivity contribution in [3.8, 4) is 17.9 Å². The van der Waals surface area contributed by atoms with Gasteiger partial charge >= 0.3 is 0 Å². The van der Waals surface area contributed by atoms with Crippen LogP contribution in [0.2, 0.25) is 0 Å². The van der Waals surface area contributed by atoms with Crippen LogP contribution in [0.3, 0.4) is 0 Å². The molecule has 0 aliphatic heterocycles. The van der Waals surface area contributed by atoms with Crippen LogP contribution in [0.25, 0.3) is 10.8 Å². The number of fused-ring (bicyclic) bond motifs is 1. The van der Waals surface area contributed by atoms with Crippen LogP contribution in [-0.4, -0.2) is 0 Å². The number of hydrogen-bond donors (Lipinski definition) is 0. The lowest BCUT2D eigenvalue weighted by molar-refractivity contribution is 0.623. The van der Waals surface area contributed by atoms with Crippen molar-refractivity contribution >= 4 is 10.8 Å². The van der Waals surface area contributed by atoms with Crippen molar-refractivity contribution in [2.45, 2.75) is 26.2 Å². The molecule has 3 rings (SSSR count). The fraction of sp³-hybridized carbons (Fsp3) is 0.174. The first-order valence-corrected chi connectivity index (χ1v) is 8.55. The summed E-state index contributed by atoms with van der Waals surface area (Å²) in [5.41, 5.74) is 1.83. The van der Waals surface area contributed by atoms with Gasteiger partial charge in [-0.05, 0) is 48.1 Å². The lowest BCUT2D eigenvalue weighted by Crippen LogP contribution is -1.90. The van der Waals surface area contributed by atoms with E-state index in [0.29, 0.717) is 10.9 Å². The molecule has 0 heterocycles. The predicted molar refractivity (Wildman–Crippen MR) is 99.6 cm³/mol. The van der Waals surface area contributed by atoms with Gasteiger partial charge in [-0.3, -0.25) is 0 Å². The summed E-state index contributed by atoms with van der Waals surface area (Å²) < 4.78 is 28.4. The van der Waals surface area contributed by atoms with E-state index in [9.17, 15) is 8.78 Å². The zero-order valence-corrected chi connectivity index (χ0v) is 14.4. The Bertz CT molecular complexity index is 1070. The van der Waals surface area contributed by atoms with Gasteiger partial charge in [0, 0.05) is 10.9 Å². The Hall–Kier alpha value is -3.17. The van der Waals surface area contributed by atoms with E-state index >= 15 is 0 Å². The average Bonchev–Trinajstić information content (AvgIpc) is 2.66. The molecule has 0 aromatic heterocycles. The lowest BCUT2D eigenvalue weighted by Gasteiger charge is -2.05. The number of halogens is 2. The largest absolute Gasteiger partial charge is 0.206 e. The van der Waals surface area contributed by atoms with Crippen LogP contribution in [0.15, 0.2) is 48.5 Å². The highest BCUT2D eigenvalue weighted by Crippen LogP contribution is 2.23. The smallest absolute Gasteiger partial charge is 0.146 e. The third kappa shape index (κ3) is 3.73. The molecular weight excluding hydrogens is 328 g/mol. The van der Waals surface area contributed by atoms with Crippen LogP contribution in [-0.2, 0) is 6.42 Å². The maximum Gasteiger partial charge on any atom is 0.146 e. The van der Waals surface area contributed by atoms with E-state index in [1.54, 1.807) is 24.3 Å². The third-order valence-corrected chi connectivity index (χ3v) is 4.27. The molecular formula is C23H17F2N. The van der Waals surface area contributed by atoms with Crippen molar-refractivity contribution in [2.75, 3.05) is 0 Å². The van der Waals surface area contributed by atoms with Crippen LogP contribution >= 0.6 is 0 Å². The summed E-state index contributed by atoms with van der Waals surface area (Å²) in [6.45, 7) is 2.14. The highest BCUT2D eigenvalue weighted by Gasteiger charge is 2.07. The summed E-state index contributed by atoms with van der Waals surface area (Å²) >= 11 is 0. The topological polar surface area (TPSA) is 23.8 Å². The molecule has 0 atom stereocenters. The van der Waals surface area contributed by atoms with E-state index in [1.165, 1.54) is 17.7 Å². The highest BCUT2D eigenvalue weighted by atomic mass is 19.1. The minimum Gasteiger partial charge on any atom is -0.206 e. The van der Waals surface area contributed by atoms with Gasteiger partial charge in [-0.15, -0.1) is 0 Å². The number of benzene rings is 3. The van der Waals surface area contributed by atoms with Crippen molar-refractivity contribution < 1.29 is 8.78 Å². The Labute approximate surface area is 151 Å². The predicted octanol–water partition coefficient (Wildman–Crippen LogP) is 5.73. The third-order valence-electron chi connectivity index (χ3n) is 4.27. The normalized spacial score (nSPS) is 10.2. The molecule has 0 spiro atoms. The molecule has 26 heavy (non-hydrogen) atoms. The van der Waals surface area contributed by atoms with Crippen LogP contribution in [0.1, 0.15) is 42.0 Å². The first kappa shape index (κ1) is 17.6. The summed E-state index contributed by atoms with van der Waals surface area (Å²) in [6.07, 6.45) is 3.22. The van der Waals surface area contributed by atoms with E-state index in [2.05, 4.69) is 18.8 Å². The maximum absolute atomic E-state index is 14.7. The molecule has 0 saturated heterocycles. The summed E-state index contributed by atoms with van der Waals surface area (Å²) in [5.74, 6) is 4.52. The molecule has 0 radical (unpaired) electrons. The molecule has 0 bridgehead atoms. The fourth-order valence-electron chi connectivity index (χ4n) is 2.80. The number of nitrogens with zero attached hydrogens (tertiary/aromatic N) is 1. The molecule has 0 aliphatic carbocycles. The monoisotopic (exact) mass is 345 g/mol. The fourth-order valence-corrected chi connectivity index (χ4v) is 2.80. The van der Waals surface area contributed by atoms with E-state index in [4.69, 9.17) is 5.26 Å². The van der Waals surface area contributed by atoms with Crippen molar-refractivity contribution in [3.05, 3.63) is 82.4 Å². The van der Waals surface area contributed by atoms with Crippen molar-refractivity contribution in [2.24, 2.45) is 0 Å². The Kier molecular flexibility index (Phi) is 5.30. The number of aryl methyl sites for hydroxylation is 1. The van der Waals surface area contributed by atoms with Crippen LogP contribution in [0.5, 0.6) is 0 Å². The Morgan fingerprint density at radius 2 is 1.73 bits per heavy atom. The summed E-state index contributed by atoms with van der Waals surface area (Å²) in [7, 11) is 0. The molecule has 0 aliphatic rings. The SMILES string of the molecule is CCCCc1ccc2c(F)c(C#Cc3ccc(C#N)c(F)c3)ccc2c1. The van der Waals surface area contributed by atoms with Gasteiger partial charge in [0.1, 0.15) is 17.7 Å². The number of unbranched alkanes of at least 4 members (excludes halogenated alkanes) is 1. The highest BCUT2D eigenvalue weighted by molar-refractivity contribution is 5.85. The first-order valence-electron chi connectivity index (χ1n) is 8.55. The second kappa shape index (κ2) is 7.81. The van der Waals surface area contributed by atoms with Gasteiger partial charge in [0.2, 0.25) is 0 Å². The molecule has 0 amide bonds. The molecule has 0 N–H and O–H groups in total. The number of nitriles is 1.